The molecule has 1 aliphatic heterocycles. The molecular formula is C11H12O2S. The van der Waals surface area contributed by atoms with E-state index in [1.54, 1.807) is 0 Å². The Bertz CT molecular complexity index is 467. The SMILES string of the molecule is Cc1ccc(C2=CS(=O)(=O)CC2)cc1. The van der Waals surface area contributed by atoms with Crippen molar-refractivity contribution in [1.82, 2.24) is 0 Å². The van der Waals surface area contributed by atoms with Gasteiger partial charge < -0.3 is 0 Å². The van der Waals surface area contributed by atoms with Gasteiger partial charge in [-0.1, -0.05) is 29.8 Å². The standard InChI is InChI=1S/C11H12O2S/c1-9-2-4-10(5-3-9)11-6-7-14(12,13)8-11/h2-5,8H,6-7H2,1H3. The molecule has 1 aliphatic rings. The van der Waals surface area contributed by atoms with Crippen LogP contribution in [0.4, 0.5) is 0 Å². The topological polar surface area (TPSA) is 34.1 Å². The Kier molecular flexibility index (Phi) is 2.19. The first-order valence-electron chi connectivity index (χ1n) is 4.57. The maximum Gasteiger partial charge on any atom is 0.172 e. The van der Waals surface area contributed by atoms with Crippen molar-refractivity contribution in [2.24, 2.45) is 0 Å². The Morgan fingerprint density at radius 2 is 1.79 bits per heavy atom. The van der Waals surface area contributed by atoms with Crippen molar-refractivity contribution >= 4 is 15.4 Å². The fraction of sp³-hybridized carbons (Fsp3) is 0.273. The van der Waals surface area contributed by atoms with Crippen LogP contribution < -0.4 is 0 Å². The molecule has 0 saturated carbocycles. The monoisotopic (exact) mass is 208 g/mol. The largest absolute Gasteiger partial charge is 0.224 e. The van der Waals surface area contributed by atoms with Gasteiger partial charge >= 0.3 is 0 Å². The molecule has 0 radical (unpaired) electrons. The van der Waals surface area contributed by atoms with Gasteiger partial charge in [0, 0.05) is 5.41 Å². The predicted molar refractivity (Wildman–Crippen MR) is 57.6 cm³/mol. The molecule has 0 bridgehead atoms. The minimum Gasteiger partial charge on any atom is -0.224 e. The Morgan fingerprint density at radius 3 is 2.29 bits per heavy atom. The number of aryl methyl sites for hydroxylation is 1. The molecule has 0 aromatic heterocycles. The van der Waals surface area contributed by atoms with Gasteiger partial charge in [-0.3, -0.25) is 0 Å². The van der Waals surface area contributed by atoms with Gasteiger partial charge in [0.15, 0.2) is 9.84 Å². The Balaban J connectivity index is 2.38. The second kappa shape index (κ2) is 3.24. The minimum atomic E-state index is -2.92. The molecule has 1 aromatic carbocycles. The summed E-state index contributed by atoms with van der Waals surface area (Å²) in [4.78, 5) is 0. The second-order valence-corrected chi connectivity index (χ2v) is 5.60. The molecule has 1 aromatic rings. The molecular weight excluding hydrogens is 196 g/mol. The number of rotatable bonds is 1. The lowest BCUT2D eigenvalue weighted by atomic mass is 10.0. The van der Waals surface area contributed by atoms with E-state index in [1.165, 1.54) is 11.0 Å². The van der Waals surface area contributed by atoms with Gasteiger partial charge in [0.2, 0.25) is 0 Å². The third-order valence-corrected chi connectivity index (χ3v) is 3.82. The summed E-state index contributed by atoms with van der Waals surface area (Å²) >= 11 is 0. The lowest BCUT2D eigenvalue weighted by molar-refractivity contribution is 0.606. The summed E-state index contributed by atoms with van der Waals surface area (Å²) in [6.45, 7) is 2.02. The van der Waals surface area contributed by atoms with Gasteiger partial charge in [0.1, 0.15) is 0 Å². The highest BCUT2D eigenvalue weighted by Crippen LogP contribution is 2.26. The summed E-state index contributed by atoms with van der Waals surface area (Å²) in [7, 11) is -2.92. The van der Waals surface area contributed by atoms with Crippen molar-refractivity contribution in [1.29, 1.82) is 0 Å². The number of hydrogen-bond donors (Lipinski definition) is 0. The molecule has 74 valence electrons. The fourth-order valence-corrected chi connectivity index (χ4v) is 2.88. The van der Waals surface area contributed by atoms with Crippen LogP contribution in [-0.4, -0.2) is 14.2 Å². The predicted octanol–water partition coefficient (Wildman–Crippen LogP) is 2.15. The first-order valence-corrected chi connectivity index (χ1v) is 6.29. The molecule has 0 unspecified atom stereocenters. The fourth-order valence-electron chi connectivity index (χ4n) is 1.57. The van der Waals surface area contributed by atoms with Crippen LogP contribution in [0.5, 0.6) is 0 Å². The number of hydrogen-bond acceptors (Lipinski definition) is 2. The third-order valence-electron chi connectivity index (χ3n) is 2.40. The van der Waals surface area contributed by atoms with Crippen LogP contribution in [0.2, 0.25) is 0 Å². The van der Waals surface area contributed by atoms with Crippen LogP contribution >= 0.6 is 0 Å². The van der Waals surface area contributed by atoms with E-state index in [-0.39, 0.29) is 5.75 Å². The van der Waals surface area contributed by atoms with Crippen LogP contribution in [0, 0.1) is 6.92 Å². The lowest BCUT2D eigenvalue weighted by Crippen LogP contribution is -1.92. The van der Waals surface area contributed by atoms with Crippen LogP contribution in [0.15, 0.2) is 29.7 Å². The van der Waals surface area contributed by atoms with Crippen LogP contribution in [-0.2, 0) is 9.84 Å². The molecule has 0 N–H and O–H groups in total. The van der Waals surface area contributed by atoms with Crippen molar-refractivity contribution < 1.29 is 8.42 Å². The van der Waals surface area contributed by atoms with Crippen molar-refractivity contribution in [2.75, 3.05) is 5.75 Å². The molecule has 0 spiro atoms. The Labute approximate surface area is 84.2 Å². The van der Waals surface area contributed by atoms with E-state index in [1.807, 2.05) is 31.2 Å². The zero-order chi connectivity index (χ0) is 10.2. The molecule has 0 fully saturated rings. The first-order chi connectivity index (χ1) is 6.57. The molecule has 0 aliphatic carbocycles. The van der Waals surface area contributed by atoms with Crippen LogP contribution in [0.25, 0.3) is 5.57 Å². The average molecular weight is 208 g/mol. The molecule has 2 rings (SSSR count). The van der Waals surface area contributed by atoms with Gasteiger partial charge in [-0.15, -0.1) is 0 Å². The smallest absolute Gasteiger partial charge is 0.172 e. The van der Waals surface area contributed by atoms with Crippen molar-refractivity contribution in [3.05, 3.63) is 40.8 Å². The summed E-state index contributed by atoms with van der Waals surface area (Å²) in [5.41, 5.74) is 3.15. The minimum absolute atomic E-state index is 0.260. The van der Waals surface area contributed by atoms with Crippen LogP contribution in [0.3, 0.4) is 0 Å². The average Bonchev–Trinajstić information content (AvgIpc) is 2.47. The molecule has 0 saturated heterocycles. The van der Waals surface area contributed by atoms with Crippen molar-refractivity contribution in [2.45, 2.75) is 13.3 Å². The normalized spacial score (nSPS) is 19.4. The summed E-state index contributed by atoms with van der Waals surface area (Å²) < 4.78 is 22.4. The molecule has 2 nitrogen and oxygen atoms in total. The van der Waals surface area contributed by atoms with E-state index >= 15 is 0 Å². The second-order valence-electron chi connectivity index (χ2n) is 3.63. The van der Waals surface area contributed by atoms with E-state index in [2.05, 4.69) is 0 Å². The Morgan fingerprint density at radius 1 is 1.14 bits per heavy atom. The lowest BCUT2D eigenvalue weighted by Gasteiger charge is -2.00. The van der Waals surface area contributed by atoms with Gasteiger partial charge in [-0.05, 0) is 24.5 Å². The maximum atomic E-state index is 11.2. The molecule has 3 heteroatoms. The Hall–Kier alpha value is -1.09. The summed E-state index contributed by atoms with van der Waals surface area (Å²) in [5.74, 6) is 0.260. The molecule has 14 heavy (non-hydrogen) atoms. The quantitative estimate of drug-likeness (QED) is 0.708. The van der Waals surface area contributed by atoms with Crippen molar-refractivity contribution in [3.8, 4) is 0 Å². The van der Waals surface area contributed by atoms with Gasteiger partial charge in [0.05, 0.1) is 5.75 Å². The number of sulfone groups is 1. The zero-order valence-corrected chi connectivity index (χ0v) is 8.84. The van der Waals surface area contributed by atoms with E-state index in [9.17, 15) is 8.42 Å². The third kappa shape index (κ3) is 1.87. The maximum absolute atomic E-state index is 11.2. The van der Waals surface area contributed by atoms with E-state index in [0.29, 0.717) is 6.42 Å². The van der Waals surface area contributed by atoms with Crippen molar-refractivity contribution in [3.63, 3.8) is 0 Å². The van der Waals surface area contributed by atoms with Gasteiger partial charge in [-0.25, -0.2) is 8.42 Å². The number of benzene rings is 1. The molecule has 1 heterocycles. The van der Waals surface area contributed by atoms with Gasteiger partial charge in [-0.2, -0.15) is 0 Å². The summed E-state index contributed by atoms with van der Waals surface area (Å²) in [6, 6.07) is 7.95. The van der Waals surface area contributed by atoms with E-state index in [4.69, 9.17) is 0 Å². The molecule has 0 atom stereocenters. The van der Waals surface area contributed by atoms with Gasteiger partial charge in [0.25, 0.3) is 0 Å². The summed E-state index contributed by atoms with van der Waals surface area (Å²) in [6.07, 6.45) is 0.644. The van der Waals surface area contributed by atoms with E-state index < -0.39 is 9.84 Å². The van der Waals surface area contributed by atoms with E-state index in [0.717, 1.165) is 11.1 Å². The highest BCUT2D eigenvalue weighted by Gasteiger charge is 2.18. The number of allylic oxidation sites excluding steroid dienone is 1. The highest BCUT2D eigenvalue weighted by molar-refractivity contribution is 7.94. The highest BCUT2D eigenvalue weighted by atomic mass is 32.2. The zero-order valence-electron chi connectivity index (χ0n) is 8.03. The first kappa shape index (κ1) is 9.46. The molecule has 0 amide bonds. The van der Waals surface area contributed by atoms with Crippen LogP contribution in [0.1, 0.15) is 17.5 Å². The summed E-state index contributed by atoms with van der Waals surface area (Å²) in [5, 5.41) is 1.40.